The van der Waals surface area contributed by atoms with Crippen LogP contribution in [0.1, 0.15) is 43.8 Å². The number of nitrogens with zero attached hydrogens (tertiary/aromatic N) is 2. The molecule has 18 heavy (non-hydrogen) atoms. The molecule has 4 heteroatoms. The van der Waals surface area contributed by atoms with Crippen molar-refractivity contribution < 1.29 is 4.74 Å². The number of ether oxygens (including phenoxy) is 1. The van der Waals surface area contributed by atoms with E-state index in [0.29, 0.717) is 12.0 Å². The second kappa shape index (κ2) is 4.67. The van der Waals surface area contributed by atoms with Crippen LogP contribution in [-0.4, -0.2) is 28.8 Å². The highest BCUT2D eigenvalue weighted by molar-refractivity contribution is 5.08. The summed E-state index contributed by atoms with van der Waals surface area (Å²) in [5.41, 5.74) is 1.38. The van der Waals surface area contributed by atoms with Crippen LogP contribution in [0, 0.1) is 5.92 Å². The predicted molar refractivity (Wildman–Crippen MR) is 70.3 cm³/mol. The predicted octanol–water partition coefficient (Wildman–Crippen LogP) is 2.03. The van der Waals surface area contributed by atoms with E-state index in [1.807, 2.05) is 25.0 Å². The summed E-state index contributed by atoms with van der Waals surface area (Å²) in [5.74, 6) is 0.652. The summed E-state index contributed by atoms with van der Waals surface area (Å²) in [7, 11) is 4.07. The van der Waals surface area contributed by atoms with Gasteiger partial charge in [-0.15, -0.1) is 0 Å². The van der Waals surface area contributed by atoms with E-state index in [9.17, 15) is 0 Å². The van der Waals surface area contributed by atoms with E-state index in [-0.39, 0.29) is 5.60 Å². The highest BCUT2D eigenvalue weighted by Crippen LogP contribution is 2.46. The Morgan fingerprint density at radius 3 is 2.94 bits per heavy atom. The zero-order valence-corrected chi connectivity index (χ0v) is 11.4. The summed E-state index contributed by atoms with van der Waals surface area (Å²) in [6.45, 7) is 0.912. The first kappa shape index (κ1) is 12.2. The third-order valence-corrected chi connectivity index (χ3v) is 4.62. The molecule has 0 aromatic carbocycles. The molecule has 0 radical (unpaired) electrons. The van der Waals surface area contributed by atoms with Gasteiger partial charge in [-0.05, 0) is 45.1 Å². The van der Waals surface area contributed by atoms with Crippen LogP contribution in [0.5, 0.6) is 0 Å². The minimum atomic E-state index is 0.215. The molecule has 0 amide bonds. The fraction of sp³-hybridized carbons (Fsp3) is 0.786. The summed E-state index contributed by atoms with van der Waals surface area (Å²) in [6, 6.07) is 0.368. The standard InChI is InChI=1S/C14H23N3O/c1-15-13(12-9-17(2)10-16-12)11-4-7-18-14(8-11)5-3-6-14/h9-11,13,15H,3-8H2,1-2H3. The first-order chi connectivity index (χ1) is 8.72. The molecule has 2 atom stereocenters. The normalized spacial score (nSPS) is 28.0. The summed E-state index contributed by atoms with van der Waals surface area (Å²) < 4.78 is 8.04. The van der Waals surface area contributed by atoms with Crippen LogP contribution in [0.15, 0.2) is 12.5 Å². The lowest BCUT2D eigenvalue weighted by molar-refractivity contribution is -0.147. The van der Waals surface area contributed by atoms with E-state index in [2.05, 4.69) is 16.5 Å². The van der Waals surface area contributed by atoms with E-state index in [0.717, 1.165) is 13.0 Å². The van der Waals surface area contributed by atoms with E-state index < -0.39 is 0 Å². The summed E-state index contributed by atoms with van der Waals surface area (Å²) in [5, 5.41) is 3.46. The molecule has 1 N–H and O–H groups in total. The van der Waals surface area contributed by atoms with Gasteiger partial charge in [-0.25, -0.2) is 4.98 Å². The topological polar surface area (TPSA) is 39.1 Å². The molecule has 1 aliphatic carbocycles. The van der Waals surface area contributed by atoms with Crippen molar-refractivity contribution in [3.63, 3.8) is 0 Å². The van der Waals surface area contributed by atoms with Crippen molar-refractivity contribution >= 4 is 0 Å². The van der Waals surface area contributed by atoms with Gasteiger partial charge in [0.2, 0.25) is 0 Å². The Kier molecular flexibility index (Phi) is 3.16. The molecule has 2 aliphatic rings. The molecule has 3 rings (SSSR count). The summed E-state index contributed by atoms with van der Waals surface area (Å²) >= 11 is 0. The fourth-order valence-corrected chi connectivity index (χ4v) is 3.49. The van der Waals surface area contributed by atoms with Gasteiger partial charge in [0.05, 0.1) is 23.7 Å². The van der Waals surface area contributed by atoms with Gasteiger partial charge >= 0.3 is 0 Å². The van der Waals surface area contributed by atoms with E-state index in [1.54, 1.807) is 0 Å². The SMILES string of the molecule is CNC(c1cn(C)cn1)C1CCOC2(CCC2)C1. The Bertz CT molecular complexity index is 411. The van der Waals surface area contributed by atoms with Gasteiger partial charge < -0.3 is 14.6 Å². The molecule has 1 aliphatic heterocycles. The van der Waals surface area contributed by atoms with Gasteiger partial charge in [-0.3, -0.25) is 0 Å². The monoisotopic (exact) mass is 249 g/mol. The lowest BCUT2D eigenvalue weighted by Crippen LogP contribution is -2.47. The molecule has 0 bridgehead atoms. The number of nitrogens with one attached hydrogen (secondary N) is 1. The third-order valence-electron chi connectivity index (χ3n) is 4.62. The Morgan fingerprint density at radius 1 is 1.56 bits per heavy atom. The molecule has 2 heterocycles. The molecule has 1 aromatic rings. The van der Waals surface area contributed by atoms with E-state index >= 15 is 0 Å². The zero-order valence-electron chi connectivity index (χ0n) is 11.4. The van der Waals surface area contributed by atoms with Gasteiger partial charge in [0.15, 0.2) is 0 Å². The average molecular weight is 249 g/mol. The number of aromatic nitrogens is 2. The van der Waals surface area contributed by atoms with Gasteiger partial charge in [-0.1, -0.05) is 0 Å². The number of hydrogen-bond acceptors (Lipinski definition) is 3. The van der Waals surface area contributed by atoms with Crippen LogP contribution in [0.4, 0.5) is 0 Å². The maximum atomic E-state index is 6.01. The van der Waals surface area contributed by atoms with Gasteiger partial charge in [0.1, 0.15) is 0 Å². The number of rotatable bonds is 3. The molecular weight excluding hydrogens is 226 g/mol. The lowest BCUT2D eigenvalue weighted by atomic mass is 9.70. The first-order valence-corrected chi connectivity index (χ1v) is 7.01. The Labute approximate surface area is 109 Å². The molecule has 1 spiro atoms. The molecule has 100 valence electrons. The molecule has 2 fully saturated rings. The first-order valence-electron chi connectivity index (χ1n) is 7.01. The molecule has 1 saturated heterocycles. The Morgan fingerprint density at radius 2 is 2.39 bits per heavy atom. The van der Waals surface area contributed by atoms with Crippen molar-refractivity contribution in [2.75, 3.05) is 13.7 Å². The minimum Gasteiger partial charge on any atom is -0.375 e. The number of aryl methyl sites for hydroxylation is 1. The Hall–Kier alpha value is -0.870. The maximum absolute atomic E-state index is 6.01. The van der Waals surface area contributed by atoms with Crippen LogP contribution < -0.4 is 5.32 Å². The van der Waals surface area contributed by atoms with Crippen LogP contribution in [-0.2, 0) is 11.8 Å². The molecular formula is C14H23N3O. The van der Waals surface area contributed by atoms with E-state index in [1.165, 1.54) is 31.4 Å². The van der Waals surface area contributed by atoms with E-state index in [4.69, 9.17) is 4.74 Å². The zero-order chi connectivity index (χ0) is 12.6. The quantitative estimate of drug-likeness (QED) is 0.891. The number of hydrogen-bond donors (Lipinski definition) is 1. The summed E-state index contributed by atoms with van der Waals surface area (Å²) in [4.78, 5) is 4.51. The summed E-state index contributed by atoms with van der Waals surface area (Å²) in [6.07, 6.45) is 10.2. The average Bonchev–Trinajstić information content (AvgIpc) is 2.75. The highest BCUT2D eigenvalue weighted by Gasteiger charge is 2.44. The number of imidazole rings is 1. The molecule has 4 nitrogen and oxygen atoms in total. The van der Waals surface area contributed by atoms with Crippen molar-refractivity contribution in [3.8, 4) is 0 Å². The van der Waals surface area contributed by atoms with Crippen LogP contribution in [0.25, 0.3) is 0 Å². The molecule has 2 unspecified atom stereocenters. The molecule has 1 aromatic heterocycles. The fourth-order valence-electron chi connectivity index (χ4n) is 3.49. The van der Waals surface area contributed by atoms with Crippen molar-refractivity contribution in [1.29, 1.82) is 0 Å². The Balaban J connectivity index is 1.75. The molecule has 1 saturated carbocycles. The van der Waals surface area contributed by atoms with Crippen molar-refractivity contribution in [3.05, 3.63) is 18.2 Å². The smallest absolute Gasteiger partial charge is 0.0947 e. The van der Waals surface area contributed by atoms with Crippen molar-refractivity contribution in [2.24, 2.45) is 13.0 Å². The lowest BCUT2D eigenvalue weighted by Gasteiger charge is -2.48. The van der Waals surface area contributed by atoms with Crippen LogP contribution in [0.2, 0.25) is 0 Å². The van der Waals surface area contributed by atoms with Crippen LogP contribution >= 0.6 is 0 Å². The van der Waals surface area contributed by atoms with Gasteiger partial charge in [0.25, 0.3) is 0 Å². The minimum absolute atomic E-state index is 0.215. The second-order valence-electron chi connectivity index (χ2n) is 5.87. The van der Waals surface area contributed by atoms with Crippen molar-refractivity contribution in [1.82, 2.24) is 14.9 Å². The van der Waals surface area contributed by atoms with Gasteiger partial charge in [0, 0.05) is 19.9 Å². The second-order valence-corrected chi connectivity index (χ2v) is 5.87. The highest BCUT2D eigenvalue weighted by atomic mass is 16.5. The van der Waals surface area contributed by atoms with Gasteiger partial charge in [-0.2, -0.15) is 0 Å². The van der Waals surface area contributed by atoms with Crippen LogP contribution in [0.3, 0.4) is 0 Å². The van der Waals surface area contributed by atoms with Crippen molar-refractivity contribution in [2.45, 2.75) is 43.7 Å². The maximum Gasteiger partial charge on any atom is 0.0947 e. The third kappa shape index (κ3) is 2.08. The largest absolute Gasteiger partial charge is 0.375 e.